The highest BCUT2D eigenvalue weighted by molar-refractivity contribution is 8.01. The van der Waals surface area contributed by atoms with Crippen LogP contribution < -0.4 is 5.56 Å². The number of ketones is 1. The Hall–Kier alpha value is -2.06. The molecule has 0 amide bonds. The van der Waals surface area contributed by atoms with Gasteiger partial charge >= 0.3 is 0 Å². The van der Waals surface area contributed by atoms with Crippen LogP contribution in [0.25, 0.3) is 4.96 Å². The summed E-state index contributed by atoms with van der Waals surface area (Å²) in [7, 11) is 0. The minimum atomic E-state index is -0.324. The van der Waals surface area contributed by atoms with Gasteiger partial charge in [0.1, 0.15) is 6.20 Å². The lowest BCUT2D eigenvalue weighted by molar-refractivity contribution is 0.102. The van der Waals surface area contributed by atoms with Gasteiger partial charge < -0.3 is 0 Å². The summed E-state index contributed by atoms with van der Waals surface area (Å²) in [5.74, 6) is 0.304. The van der Waals surface area contributed by atoms with Crippen LogP contribution in [0.15, 0.2) is 39.6 Å². The summed E-state index contributed by atoms with van der Waals surface area (Å²) in [6.45, 7) is 2.07. The number of Topliss-reactive ketones (excluding diaryl/α,β-unsaturated/α-hetero) is 1. The Morgan fingerprint density at radius 2 is 2.09 bits per heavy atom. The Balaban J connectivity index is 1.71. The molecule has 2 heterocycles. The average Bonchev–Trinajstić information content (AvgIpc) is 2.97. The molecule has 0 aliphatic heterocycles. The van der Waals surface area contributed by atoms with Gasteiger partial charge in [-0.25, -0.2) is 0 Å². The zero-order chi connectivity index (χ0) is 15.5. The van der Waals surface area contributed by atoms with Gasteiger partial charge in [-0.1, -0.05) is 54.3 Å². The predicted octanol–water partition coefficient (Wildman–Crippen LogP) is 2.08. The minimum Gasteiger partial charge on any atom is -0.293 e. The molecular weight excluding hydrogens is 320 g/mol. The van der Waals surface area contributed by atoms with Crippen LogP contribution in [-0.4, -0.2) is 31.3 Å². The van der Waals surface area contributed by atoms with Crippen molar-refractivity contribution in [1.82, 2.24) is 19.8 Å². The van der Waals surface area contributed by atoms with Crippen molar-refractivity contribution in [1.29, 1.82) is 0 Å². The van der Waals surface area contributed by atoms with Gasteiger partial charge in [-0.3, -0.25) is 9.59 Å². The average molecular weight is 332 g/mol. The number of rotatable bonds is 5. The maximum absolute atomic E-state index is 12.2. The number of aromatic nitrogens is 4. The number of nitrogens with zero attached hydrogens (tertiary/aromatic N) is 4. The second kappa shape index (κ2) is 6.37. The van der Waals surface area contributed by atoms with Gasteiger partial charge in [0, 0.05) is 5.56 Å². The summed E-state index contributed by atoms with van der Waals surface area (Å²) < 4.78 is 1.82. The van der Waals surface area contributed by atoms with E-state index in [9.17, 15) is 9.59 Å². The second-order valence-corrected chi connectivity index (χ2v) is 6.69. The molecule has 0 saturated heterocycles. The standard InChI is InChI=1S/C14H12N4O2S2/c1-2-9-3-5-10(6-4-9)11(19)8-21-14-17-18-12(20)7-15-16-13(18)22-14/h3-7H,2,8H2,1H3. The molecule has 0 aliphatic carbocycles. The lowest BCUT2D eigenvalue weighted by atomic mass is 10.1. The van der Waals surface area contributed by atoms with E-state index in [0.29, 0.717) is 14.9 Å². The molecule has 0 N–H and O–H groups in total. The van der Waals surface area contributed by atoms with Crippen molar-refractivity contribution in [3.63, 3.8) is 0 Å². The molecule has 0 spiro atoms. The second-order valence-electron chi connectivity index (χ2n) is 4.51. The zero-order valence-electron chi connectivity index (χ0n) is 11.7. The van der Waals surface area contributed by atoms with Crippen LogP contribution in [0.3, 0.4) is 0 Å². The van der Waals surface area contributed by atoms with Crippen molar-refractivity contribution in [2.45, 2.75) is 17.7 Å². The van der Waals surface area contributed by atoms with Crippen molar-refractivity contribution in [3.05, 3.63) is 51.9 Å². The van der Waals surface area contributed by atoms with Crippen LogP contribution in [0, 0.1) is 0 Å². The molecule has 8 heteroatoms. The number of aryl methyl sites for hydroxylation is 1. The van der Waals surface area contributed by atoms with Gasteiger partial charge in [-0.2, -0.15) is 9.61 Å². The fourth-order valence-corrected chi connectivity index (χ4v) is 3.63. The van der Waals surface area contributed by atoms with Gasteiger partial charge in [0.25, 0.3) is 5.56 Å². The quantitative estimate of drug-likeness (QED) is 0.526. The number of carbonyl (C=O) groups excluding carboxylic acids is 1. The van der Waals surface area contributed by atoms with Crippen LogP contribution in [-0.2, 0) is 6.42 Å². The van der Waals surface area contributed by atoms with E-state index < -0.39 is 0 Å². The van der Waals surface area contributed by atoms with Crippen molar-refractivity contribution < 1.29 is 4.79 Å². The summed E-state index contributed by atoms with van der Waals surface area (Å²) >= 11 is 2.54. The highest BCUT2D eigenvalue weighted by atomic mass is 32.2. The first kappa shape index (κ1) is 14.9. The monoisotopic (exact) mass is 332 g/mol. The Bertz CT molecular complexity index is 870. The third-order valence-electron chi connectivity index (χ3n) is 3.07. The maximum atomic E-state index is 12.2. The normalized spacial score (nSPS) is 11.0. The molecule has 0 saturated carbocycles. The van der Waals surface area contributed by atoms with E-state index in [1.54, 1.807) is 0 Å². The van der Waals surface area contributed by atoms with Gasteiger partial charge in [-0.05, 0) is 12.0 Å². The van der Waals surface area contributed by atoms with E-state index in [1.165, 1.54) is 33.2 Å². The summed E-state index contributed by atoms with van der Waals surface area (Å²) in [6.07, 6.45) is 2.06. The van der Waals surface area contributed by atoms with Crippen LogP contribution in [0.1, 0.15) is 22.8 Å². The summed E-state index contributed by atoms with van der Waals surface area (Å²) in [5, 5.41) is 11.6. The van der Waals surface area contributed by atoms with E-state index in [4.69, 9.17) is 0 Å². The minimum absolute atomic E-state index is 0.0327. The first-order valence-electron chi connectivity index (χ1n) is 6.64. The van der Waals surface area contributed by atoms with E-state index >= 15 is 0 Å². The Kier molecular flexibility index (Phi) is 4.30. The maximum Gasteiger partial charge on any atom is 0.293 e. The Labute approximate surface area is 134 Å². The molecular formula is C14H12N4O2S2. The summed E-state index contributed by atoms with van der Waals surface area (Å²) in [4.78, 5) is 24.1. The fourth-order valence-electron chi connectivity index (χ4n) is 1.85. The number of hydrogen-bond donors (Lipinski definition) is 0. The third kappa shape index (κ3) is 3.07. The molecule has 3 rings (SSSR count). The summed E-state index contributed by atoms with van der Waals surface area (Å²) in [6, 6.07) is 7.61. The van der Waals surface area contributed by atoms with Gasteiger partial charge in [-0.15, -0.1) is 10.2 Å². The fraction of sp³-hybridized carbons (Fsp3) is 0.214. The van der Waals surface area contributed by atoms with Crippen molar-refractivity contribution >= 4 is 33.8 Å². The highest BCUT2D eigenvalue weighted by Crippen LogP contribution is 2.23. The third-order valence-corrected chi connectivity index (χ3v) is 5.10. The number of carbonyl (C=O) groups is 1. The van der Waals surface area contributed by atoms with Gasteiger partial charge in [0.05, 0.1) is 5.75 Å². The largest absolute Gasteiger partial charge is 0.293 e. The van der Waals surface area contributed by atoms with E-state index in [-0.39, 0.29) is 17.1 Å². The SMILES string of the molecule is CCc1ccc(C(=O)CSc2nn3c(=O)cnnc3s2)cc1. The van der Waals surface area contributed by atoms with Crippen molar-refractivity contribution in [2.24, 2.45) is 0 Å². The van der Waals surface area contributed by atoms with Crippen LogP contribution in [0.4, 0.5) is 0 Å². The number of thioether (sulfide) groups is 1. The molecule has 0 fully saturated rings. The van der Waals surface area contributed by atoms with E-state index in [0.717, 1.165) is 12.6 Å². The molecule has 112 valence electrons. The molecule has 6 nitrogen and oxygen atoms in total. The van der Waals surface area contributed by atoms with E-state index in [1.807, 2.05) is 24.3 Å². The number of hydrogen-bond acceptors (Lipinski definition) is 7. The Morgan fingerprint density at radius 1 is 1.32 bits per heavy atom. The summed E-state index contributed by atoms with van der Waals surface area (Å²) in [5.41, 5.74) is 1.56. The molecule has 0 bridgehead atoms. The molecule has 0 atom stereocenters. The van der Waals surface area contributed by atoms with Gasteiger partial charge in [0.2, 0.25) is 4.96 Å². The van der Waals surface area contributed by atoms with Crippen LogP contribution in [0.2, 0.25) is 0 Å². The molecule has 1 aromatic carbocycles. The van der Waals surface area contributed by atoms with E-state index in [2.05, 4.69) is 22.2 Å². The van der Waals surface area contributed by atoms with Crippen molar-refractivity contribution in [3.8, 4) is 0 Å². The van der Waals surface area contributed by atoms with Crippen LogP contribution >= 0.6 is 23.1 Å². The molecule has 0 aliphatic rings. The number of benzene rings is 1. The van der Waals surface area contributed by atoms with Crippen molar-refractivity contribution in [2.75, 3.05) is 5.75 Å². The highest BCUT2D eigenvalue weighted by Gasteiger charge is 2.11. The predicted molar refractivity (Wildman–Crippen MR) is 85.8 cm³/mol. The molecule has 0 unspecified atom stereocenters. The molecule has 2 aromatic heterocycles. The zero-order valence-corrected chi connectivity index (χ0v) is 13.4. The number of fused-ring (bicyclic) bond motifs is 1. The first-order chi connectivity index (χ1) is 10.7. The van der Waals surface area contributed by atoms with Gasteiger partial charge in [0.15, 0.2) is 10.1 Å². The topological polar surface area (TPSA) is 77.2 Å². The van der Waals surface area contributed by atoms with Crippen LogP contribution in [0.5, 0.6) is 0 Å². The molecule has 22 heavy (non-hydrogen) atoms. The lowest BCUT2D eigenvalue weighted by Crippen LogP contribution is -2.14. The Morgan fingerprint density at radius 3 is 2.77 bits per heavy atom. The molecule has 3 aromatic rings. The first-order valence-corrected chi connectivity index (χ1v) is 8.44. The smallest absolute Gasteiger partial charge is 0.293 e. The lowest BCUT2D eigenvalue weighted by Gasteiger charge is -2.01. The molecule has 0 radical (unpaired) electrons.